The fourth-order valence-electron chi connectivity index (χ4n) is 4.08. The molecule has 0 radical (unpaired) electrons. The van der Waals surface area contributed by atoms with Crippen molar-refractivity contribution < 1.29 is 4.74 Å². The van der Waals surface area contributed by atoms with E-state index in [9.17, 15) is 4.79 Å². The Kier molecular flexibility index (Phi) is 4.62. The molecule has 4 aromatic rings. The van der Waals surface area contributed by atoms with E-state index in [0.29, 0.717) is 5.39 Å². The van der Waals surface area contributed by atoms with Crippen LogP contribution in [0.1, 0.15) is 17.2 Å². The smallest absolute Gasteiger partial charge is 0.255 e. The van der Waals surface area contributed by atoms with E-state index in [0.717, 1.165) is 24.2 Å². The van der Waals surface area contributed by atoms with Crippen LogP contribution in [0.5, 0.6) is 5.75 Å². The van der Waals surface area contributed by atoms with E-state index in [2.05, 4.69) is 70.5 Å². The molecule has 29 heavy (non-hydrogen) atoms. The first-order chi connectivity index (χ1) is 14.3. The Morgan fingerprint density at radius 3 is 2.17 bits per heavy atom. The third-order valence-electron chi connectivity index (χ3n) is 5.52. The average molecular weight is 382 g/mol. The van der Waals surface area contributed by atoms with Crippen molar-refractivity contribution >= 4 is 10.8 Å². The van der Waals surface area contributed by atoms with E-state index in [-0.39, 0.29) is 17.7 Å². The van der Waals surface area contributed by atoms with Gasteiger partial charge in [-0.2, -0.15) is 0 Å². The van der Waals surface area contributed by atoms with Crippen LogP contribution in [-0.2, 0) is 0 Å². The van der Waals surface area contributed by atoms with E-state index in [4.69, 9.17) is 4.74 Å². The number of likely N-dealkylation sites (tertiary alicyclic amines) is 1. The average Bonchev–Trinajstić information content (AvgIpc) is 2.74. The molecule has 3 aromatic carbocycles. The van der Waals surface area contributed by atoms with Crippen molar-refractivity contribution in [3.63, 3.8) is 0 Å². The summed E-state index contributed by atoms with van der Waals surface area (Å²) in [7, 11) is 0. The minimum Gasteiger partial charge on any atom is -0.488 e. The number of hydrogen-bond acceptors (Lipinski definition) is 3. The molecule has 0 amide bonds. The number of aromatic nitrogens is 1. The van der Waals surface area contributed by atoms with E-state index < -0.39 is 0 Å². The first-order valence-corrected chi connectivity index (χ1v) is 9.90. The number of hydrogen-bond donors (Lipinski definition) is 1. The topological polar surface area (TPSA) is 45.3 Å². The standard InChI is InChI=1S/C25H22N2O2/c28-25-23-12-11-21(15-20(23)13-14-26-25)29-22-16-27(17-22)24(18-7-3-1-4-8-18)19-9-5-2-6-10-19/h1-15,22,24H,16-17H2,(H,26,28). The SMILES string of the molecule is O=c1[nH]ccc2cc(OC3CN(C(c4ccccc4)c4ccccc4)C3)ccc12. The summed E-state index contributed by atoms with van der Waals surface area (Å²) < 4.78 is 6.20. The zero-order valence-corrected chi connectivity index (χ0v) is 16.0. The third-order valence-corrected chi connectivity index (χ3v) is 5.52. The van der Waals surface area contributed by atoms with E-state index in [1.807, 2.05) is 24.3 Å². The van der Waals surface area contributed by atoms with Crippen molar-refractivity contribution in [2.75, 3.05) is 13.1 Å². The Morgan fingerprint density at radius 1 is 0.862 bits per heavy atom. The first-order valence-electron chi connectivity index (χ1n) is 9.90. The molecule has 4 nitrogen and oxygen atoms in total. The van der Waals surface area contributed by atoms with Crippen molar-refractivity contribution in [3.8, 4) is 5.75 Å². The Bertz CT molecular complexity index is 1130. The van der Waals surface area contributed by atoms with Gasteiger partial charge in [-0.1, -0.05) is 60.7 Å². The number of nitrogens with zero attached hydrogens (tertiary/aromatic N) is 1. The highest BCUT2D eigenvalue weighted by Crippen LogP contribution is 2.33. The molecule has 1 aliphatic heterocycles. The number of H-pyrrole nitrogens is 1. The molecule has 2 heterocycles. The predicted molar refractivity (Wildman–Crippen MR) is 115 cm³/mol. The zero-order valence-electron chi connectivity index (χ0n) is 16.0. The van der Waals surface area contributed by atoms with Crippen LogP contribution >= 0.6 is 0 Å². The lowest BCUT2D eigenvalue weighted by Crippen LogP contribution is -2.55. The van der Waals surface area contributed by atoms with Gasteiger partial charge < -0.3 is 9.72 Å². The van der Waals surface area contributed by atoms with Gasteiger partial charge >= 0.3 is 0 Å². The monoisotopic (exact) mass is 382 g/mol. The van der Waals surface area contributed by atoms with Gasteiger partial charge in [-0.3, -0.25) is 9.69 Å². The van der Waals surface area contributed by atoms with Crippen molar-refractivity contribution in [2.24, 2.45) is 0 Å². The molecule has 0 atom stereocenters. The predicted octanol–water partition coefficient (Wildman–Crippen LogP) is 4.38. The molecule has 5 rings (SSSR count). The summed E-state index contributed by atoms with van der Waals surface area (Å²) in [6.45, 7) is 1.73. The maximum Gasteiger partial charge on any atom is 0.255 e. The van der Waals surface area contributed by atoms with Crippen molar-refractivity contribution in [2.45, 2.75) is 12.1 Å². The van der Waals surface area contributed by atoms with Gasteiger partial charge in [0.1, 0.15) is 11.9 Å². The molecule has 0 spiro atoms. The highest BCUT2D eigenvalue weighted by Gasteiger charge is 2.35. The Morgan fingerprint density at radius 2 is 1.52 bits per heavy atom. The lowest BCUT2D eigenvalue weighted by Gasteiger charge is -2.44. The van der Waals surface area contributed by atoms with Crippen molar-refractivity contribution in [3.05, 3.63) is 113 Å². The molecule has 1 saturated heterocycles. The number of nitrogens with one attached hydrogen (secondary N) is 1. The molecule has 0 bridgehead atoms. The zero-order chi connectivity index (χ0) is 19.6. The van der Waals surface area contributed by atoms with Crippen molar-refractivity contribution in [1.82, 2.24) is 9.88 Å². The molecule has 1 aliphatic rings. The normalized spacial score (nSPS) is 14.8. The van der Waals surface area contributed by atoms with Crippen LogP contribution in [-0.4, -0.2) is 29.1 Å². The number of ether oxygens (including phenoxy) is 1. The van der Waals surface area contributed by atoms with E-state index in [1.54, 1.807) is 6.20 Å². The van der Waals surface area contributed by atoms with E-state index >= 15 is 0 Å². The molecular weight excluding hydrogens is 360 g/mol. The summed E-state index contributed by atoms with van der Waals surface area (Å²) in [5.74, 6) is 0.809. The summed E-state index contributed by atoms with van der Waals surface area (Å²) >= 11 is 0. The maximum absolute atomic E-state index is 11.9. The quantitative estimate of drug-likeness (QED) is 0.557. The summed E-state index contributed by atoms with van der Waals surface area (Å²) in [6, 6.07) is 29.0. The molecule has 0 saturated carbocycles. The highest BCUT2D eigenvalue weighted by molar-refractivity contribution is 5.82. The Balaban J connectivity index is 1.33. The lowest BCUT2D eigenvalue weighted by atomic mass is 9.94. The minimum absolute atomic E-state index is 0.0718. The van der Waals surface area contributed by atoms with Gasteiger partial charge in [0.2, 0.25) is 0 Å². The van der Waals surface area contributed by atoms with Gasteiger partial charge in [-0.15, -0.1) is 0 Å². The number of rotatable bonds is 5. The van der Waals surface area contributed by atoms with Crippen LogP contribution in [0, 0.1) is 0 Å². The summed E-state index contributed by atoms with van der Waals surface area (Å²) in [5.41, 5.74) is 2.52. The maximum atomic E-state index is 11.9. The summed E-state index contributed by atoms with van der Waals surface area (Å²) in [5, 5.41) is 1.58. The number of pyridine rings is 1. The second kappa shape index (κ2) is 7.57. The third kappa shape index (κ3) is 3.55. The lowest BCUT2D eigenvalue weighted by molar-refractivity contribution is 0.000364. The molecule has 4 heteroatoms. The summed E-state index contributed by atoms with van der Waals surface area (Å²) in [4.78, 5) is 17.0. The van der Waals surface area contributed by atoms with Crippen LogP contribution in [0.3, 0.4) is 0 Å². The fourth-order valence-corrected chi connectivity index (χ4v) is 4.08. The number of fused-ring (bicyclic) bond motifs is 1. The fraction of sp³-hybridized carbons (Fsp3) is 0.160. The van der Waals surface area contributed by atoms with Gasteiger partial charge in [-0.25, -0.2) is 0 Å². The van der Waals surface area contributed by atoms with Crippen molar-refractivity contribution in [1.29, 1.82) is 0 Å². The van der Waals surface area contributed by atoms with Crippen LogP contribution in [0.2, 0.25) is 0 Å². The van der Waals surface area contributed by atoms with Crippen LogP contribution < -0.4 is 10.3 Å². The molecule has 0 unspecified atom stereocenters. The summed E-state index contributed by atoms with van der Waals surface area (Å²) in [6.07, 6.45) is 1.81. The Labute approximate surface area is 169 Å². The minimum atomic E-state index is -0.0718. The second-order valence-electron chi connectivity index (χ2n) is 7.47. The molecule has 0 aliphatic carbocycles. The van der Waals surface area contributed by atoms with Gasteiger partial charge in [0.15, 0.2) is 0 Å². The van der Waals surface area contributed by atoms with Crippen LogP contribution in [0.25, 0.3) is 10.8 Å². The Hall–Kier alpha value is -3.37. The molecule has 1 N–H and O–H groups in total. The van der Waals surface area contributed by atoms with Crippen LogP contribution in [0.4, 0.5) is 0 Å². The molecular formula is C25H22N2O2. The molecule has 1 aromatic heterocycles. The second-order valence-corrected chi connectivity index (χ2v) is 7.47. The number of benzene rings is 3. The highest BCUT2D eigenvalue weighted by atomic mass is 16.5. The van der Waals surface area contributed by atoms with Gasteiger partial charge in [0.25, 0.3) is 5.56 Å². The van der Waals surface area contributed by atoms with Gasteiger partial charge in [0.05, 0.1) is 6.04 Å². The van der Waals surface area contributed by atoms with Gasteiger partial charge in [0, 0.05) is 24.7 Å². The molecule has 144 valence electrons. The van der Waals surface area contributed by atoms with E-state index in [1.165, 1.54) is 11.1 Å². The first kappa shape index (κ1) is 17.7. The van der Waals surface area contributed by atoms with Crippen LogP contribution in [0.15, 0.2) is 95.9 Å². The number of aromatic amines is 1. The molecule has 1 fully saturated rings. The van der Waals surface area contributed by atoms with Gasteiger partial charge in [-0.05, 0) is 40.8 Å². The largest absolute Gasteiger partial charge is 0.488 e.